The van der Waals surface area contributed by atoms with E-state index in [1.54, 1.807) is 0 Å². The van der Waals surface area contributed by atoms with Gasteiger partial charge in [-0.1, -0.05) is 76.3 Å². The third kappa shape index (κ3) is 8.21. The topological polar surface area (TPSA) is 0 Å². The smallest absolute Gasteiger partial charge is 0.0224 e. The average molecular weight is 313 g/mol. The lowest BCUT2D eigenvalue weighted by atomic mass is 9.98. The van der Waals surface area contributed by atoms with E-state index in [0.29, 0.717) is 0 Å². The van der Waals surface area contributed by atoms with E-state index < -0.39 is 0 Å². The molecule has 0 aliphatic carbocycles. The predicted molar refractivity (Wildman–Crippen MR) is 107 cm³/mol. The molecule has 1 aromatic carbocycles. The minimum Gasteiger partial charge on any atom is -0.0810 e. The van der Waals surface area contributed by atoms with Gasteiger partial charge in [-0.25, -0.2) is 0 Å². The highest BCUT2D eigenvalue weighted by atomic mass is 14.1. The molecule has 0 saturated carbocycles. The lowest BCUT2D eigenvalue weighted by Gasteiger charge is -2.07. The van der Waals surface area contributed by atoms with Crippen LogP contribution < -0.4 is 0 Å². The first-order valence-corrected chi connectivity index (χ1v) is 9.63. The Morgan fingerprint density at radius 1 is 0.739 bits per heavy atom. The van der Waals surface area contributed by atoms with Gasteiger partial charge >= 0.3 is 0 Å². The summed E-state index contributed by atoms with van der Waals surface area (Å²) in [5.74, 6) is 0. The molecule has 0 fully saturated rings. The first-order valence-electron chi connectivity index (χ1n) is 9.63. The zero-order valence-corrected chi connectivity index (χ0v) is 15.8. The molecule has 0 heteroatoms. The van der Waals surface area contributed by atoms with Crippen molar-refractivity contribution >= 4 is 11.1 Å². The summed E-state index contributed by atoms with van der Waals surface area (Å²) in [6.45, 7) is 9.02. The van der Waals surface area contributed by atoms with Gasteiger partial charge in [-0.3, -0.25) is 0 Å². The standard InChI is InChI=1S/C23H36/c1-5-7-9-11-13-16-21(4)23-18-14-17-22(19-23)20(3)15-12-10-8-6-2/h14-19H,5-13H2,1-4H3/b20-15+,21-16+. The lowest BCUT2D eigenvalue weighted by molar-refractivity contribution is 0.675. The fourth-order valence-electron chi connectivity index (χ4n) is 2.85. The van der Waals surface area contributed by atoms with Gasteiger partial charge in [-0.2, -0.15) is 0 Å². The second kappa shape index (κ2) is 12.2. The van der Waals surface area contributed by atoms with E-state index in [1.165, 1.54) is 80.1 Å². The molecule has 0 nitrogen and oxygen atoms in total. The maximum Gasteiger partial charge on any atom is -0.0224 e. The maximum atomic E-state index is 2.41. The van der Waals surface area contributed by atoms with Crippen LogP contribution in [0.5, 0.6) is 0 Å². The van der Waals surface area contributed by atoms with Crippen LogP contribution >= 0.6 is 0 Å². The molecule has 0 aromatic heterocycles. The molecule has 1 aromatic rings. The van der Waals surface area contributed by atoms with Crippen LogP contribution in [0.4, 0.5) is 0 Å². The quantitative estimate of drug-likeness (QED) is 0.363. The number of allylic oxidation sites excluding steroid dienone is 4. The first-order chi connectivity index (χ1) is 11.2. The molecule has 0 radical (unpaired) electrons. The van der Waals surface area contributed by atoms with Crippen LogP contribution in [-0.2, 0) is 0 Å². The van der Waals surface area contributed by atoms with Crippen molar-refractivity contribution < 1.29 is 0 Å². The van der Waals surface area contributed by atoms with Gasteiger partial charge < -0.3 is 0 Å². The van der Waals surface area contributed by atoms with Crippen molar-refractivity contribution in [2.45, 2.75) is 85.5 Å². The second-order valence-corrected chi connectivity index (χ2v) is 6.70. The van der Waals surface area contributed by atoms with E-state index in [-0.39, 0.29) is 0 Å². The Hall–Kier alpha value is -1.30. The number of benzene rings is 1. The van der Waals surface area contributed by atoms with Crippen LogP contribution in [0, 0.1) is 0 Å². The van der Waals surface area contributed by atoms with Crippen molar-refractivity contribution in [2.75, 3.05) is 0 Å². The van der Waals surface area contributed by atoms with Gasteiger partial charge in [0, 0.05) is 0 Å². The average Bonchev–Trinajstić information content (AvgIpc) is 2.58. The van der Waals surface area contributed by atoms with Crippen molar-refractivity contribution in [1.82, 2.24) is 0 Å². The summed E-state index contributed by atoms with van der Waals surface area (Å²) in [4.78, 5) is 0. The molecule has 0 heterocycles. The number of hydrogen-bond donors (Lipinski definition) is 0. The third-order valence-corrected chi connectivity index (χ3v) is 4.54. The molecule has 23 heavy (non-hydrogen) atoms. The number of hydrogen-bond acceptors (Lipinski definition) is 0. The Balaban J connectivity index is 2.62. The van der Waals surface area contributed by atoms with E-state index in [1.807, 2.05) is 0 Å². The molecule has 0 saturated heterocycles. The Morgan fingerprint density at radius 2 is 1.22 bits per heavy atom. The molecule has 0 aliphatic heterocycles. The highest BCUT2D eigenvalue weighted by molar-refractivity contribution is 5.70. The van der Waals surface area contributed by atoms with E-state index in [2.05, 4.69) is 64.1 Å². The second-order valence-electron chi connectivity index (χ2n) is 6.70. The summed E-state index contributed by atoms with van der Waals surface area (Å²) in [6, 6.07) is 9.03. The van der Waals surface area contributed by atoms with Gasteiger partial charge in [-0.05, 0) is 67.9 Å². The van der Waals surface area contributed by atoms with Crippen LogP contribution in [0.2, 0.25) is 0 Å². The Kier molecular flexibility index (Phi) is 10.4. The van der Waals surface area contributed by atoms with Crippen LogP contribution in [0.1, 0.15) is 96.6 Å². The van der Waals surface area contributed by atoms with Gasteiger partial charge in [0.05, 0.1) is 0 Å². The van der Waals surface area contributed by atoms with Crippen molar-refractivity contribution in [3.63, 3.8) is 0 Å². The SMILES string of the molecule is CCCCC/C=C(\C)c1cccc(/C(C)=C/CCCCCC)c1. The Bertz CT molecular complexity index is 491. The molecular formula is C23H36. The van der Waals surface area contributed by atoms with Gasteiger partial charge in [0.15, 0.2) is 0 Å². The normalized spacial score (nSPS) is 12.7. The number of unbranched alkanes of at least 4 members (excludes halogenated alkanes) is 7. The van der Waals surface area contributed by atoms with Gasteiger partial charge in [0.2, 0.25) is 0 Å². The van der Waals surface area contributed by atoms with E-state index >= 15 is 0 Å². The molecule has 0 amide bonds. The summed E-state index contributed by atoms with van der Waals surface area (Å²) in [6.07, 6.45) is 16.5. The van der Waals surface area contributed by atoms with Crippen LogP contribution in [0.3, 0.4) is 0 Å². The van der Waals surface area contributed by atoms with E-state index in [0.717, 1.165) is 0 Å². The van der Waals surface area contributed by atoms with Crippen LogP contribution in [-0.4, -0.2) is 0 Å². The first kappa shape index (κ1) is 19.7. The maximum absolute atomic E-state index is 2.41. The van der Waals surface area contributed by atoms with E-state index in [9.17, 15) is 0 Å². The summed E-state index contributed by atoms with van der Waals surface area (Å²) in [7, 11) is 0. The fourth-order valence-corrected chi connectivity index (χ4v) is 2.85. The van der Waals surface area contributed by atoms with Gasteiger partial charge in [0.25, 0.3) is 0 Å². The van der Waals surface area contributed by atoms with Crippen molar-refractivity contribution in [3.05, 3.63) is 47.5 Å². The van der Waals surface area contributed by atoms with Crippen molar-refractivity contribution in [2.24, 2.45) is 0 Å². The molecule has 0 spiro atoms. The minimum absolute atomic E-state index is 1.20. The molecular weight excluding hydrogens is 276 g/mol. The fraction of sp³-hybridized carbons (Fsp3) is 0.565. The number of rotatable bonds is 11. The van der Waals surface area contributed by atoms with Crippen LogP contribution in [0.15, 0.2) is 36.4 Å². The molecule has 0 N–H and O–H groups in total. The molecule has 0 unspecified atom stereocenters. The summed E-state index contributed by atoms with van der Waals surface area (Å²) >= 11 is 0. The molecule has 0 bridgehead atoms. The largest absolute Gasteiger partial charge is 0.0810 e. The zero-order valence-electron chi connectivity index (χ0n) is 15.8. The Labute approximate surface area is 144 Å². The third-order valence-electron chi connectivity index (χ3n) is 4.54. The molecule has 1 rings (SSSR count). The molecule has 0 atom stereocenters. The summed E-state index contributed by atoms with van der Waals surface area (Å²) < 4.78 is 0. The minimum atomic E-state index is 1.20. The van der Waals surface area contributed by atoms with Crippen molar-refractivity contribution in [1.29, 1.82) is 0 Å². The van der Waals surface area contributed by atoms with Gasteiger partial charge in [0.1, 0.15) is 0 Å². The molecule has 0 aliphatic rings. The monoisotopic (exact) mass is 312 g/mol. The summed E-state index contributed by atoms with van der Waals surface area (Å²) in [5, 5.41) is 0. The molecule has 128 valence electrons. The highest BCUT2D eigenvalue weighted by Crippen LogP contribution is 2.22. The van der Waals surface area contributed by atoms with E-state index in [4.69, 9.17) is 0 Å². The highest BCUT2D eigenvalue weighted by Gasteiger charge is 2.00. The lowest BCUT2D eigenvalue weighted by Crippen LogP contribution is -1.86. The van der Waals surface area contributed by atoms with Gasteiger partial charge in [-0.15, -0.1) is 0 Å². The predicted octanol–water partition coefficient (Wildman–Crippen LogP) is 8.04. The Morgan fingerprint density at radius 3 is 1.74 bits per heavy atom. The van der Waals surface area contributed by atoms with Crippen LogP contribution in [0.25, 0.3) is 11.1 Å². The zero-order chi connectivity index (χ0) is 16.9. The summed E-state index contributed by atoms with van der Waals surface area (Å²) in [5.41, 5.74) is 5.58. The van der Waals surface area contributed by atoms with Crippen molar-refractivity contribution in [3.8, 4) is 0 Å².